The Morgan fingerprint density at radius 3 is 2.53 bits per heavy atom. The van der Waals surface area contributed by atoms with Gasteiger partial charge in [-0.1, -0.05) is 26.2 Å². The molecule has 0 amide bonds. The molecule has 88 valence electrons. The molecule has 0 spiro atoms. The Bertz CT molecular complexity index is 309. The lowest BCUT2D eigenvalue weighted by Gasteiger charge is -2.23. The quantitative estimate of drug-likeness (QED) is 0.733. The van der Waals surface area contributed by atoms with Crippen LogP contribution in [0.15, 0.2) is 0 Å². The van der Waals surface area contributed by atoms with Crippen LogP contribution in [0.2, 0.25) is 0 Å². The van der Waals surface area contributed by atoms with Crippen LogP contribution in [-0.4, -0.2) is 37.8 Å². The van der Waals surface area contributed by atoms with E-state index in [1.165, 1.54) is 32.1 Å². The van der Waals surface area contributed by atoms with Crippen LogP contribution in [-0.2, 0) is 10.0 Å². The Morgan fingerprint density at radius 1 is 1.27 bits per heavy atom. The first kappa shape index (κ1) is 11.4. The SMILES string of the molecule is CCNS(=O)(=O)C1CN1C1CCCCC1. The second kappa shape index (κ2) is 4.39. The van der Waals surface area contributed by atoms with Crippen molar-refractivity contribution in [2.24, 2.45) is 0 Å². The van der Waals surface area contributed by atoms with Crippen molar-refractivity contribution in [3.63, 3.8) is 0 Å². The van der Waals surface area contributed by atoms with Crippen molar-refractivity contribution in [2.75, 3.05) is 13.1 Å². The number of sulfonamides is 1. The molecular formula is C10H20N2O2S. The summed E-state index contributed by atoms with van der Waals surface area (Å²) < 4.78 is 26.0. The molecule has 1 aliphatic heterocycles. The second-order valence-electron chi connectivity index (χ2n) is 4.49. The number of nitrogens with one attached hydrogen (secondary N) is 1. The van der Waals surface area contributed by atoms with Gasteiger partial charge in [0.1, 0.15) is 5.37 Å². The highest BCUT2D eigenvalue weighted by molar-refractivity contribution is 7.90. The summed E-state index contributed by atoms with van der Waals surface area (Å²) in [4.78, 5) is 2.14. The lowest BCUT2D eigenvalue weighted by atomic mass is 9.96. The first-order chi connectivity index (χ1) is 7.15. The van der Waals surface area contributed by atoms with Gasteiger partial charge < -0.3 is 0 Å². The molecule has 1 N–H and O–H groups in total. The predicted octanol–water partition coefficient (Wildman–Crippen LogP) is 0.900. The Hall–Kier alpha value is -0.130. The number of rotatable bonds is 4. The van der Waals surface area contributed by atoms with Gasteiger partial charge in [0.15, 0.2) is 0 Å². The van der Waals surface area contributed by atoms with Crippen LogP contribution in [0.5, 0.6) is 0 Å². The molecule has 2 unspecified atom stereocenters. The van der Waals surface area contributed by atoms with Crippen LogP contribution in [0.1, 0.15) is 39.0 Å². The number of hydrogen-bond acceptors (Lipinski definition) is 3. The molecular weight excluding hydrogens is 212 g/mol. The Morgan fingerprint density at radius 2 is 1.93 bits per heavy atom. The fourth-order valence-electron chi connectivity index (χ4n) is 2.50. The van der Waals surface area contributed by atoms with Gasteiger partial charge in [-0.15, -0.1) is 0 Å². The summed E-state index contributed by atoms with van der Waals surface area (Å²) >= 11 is 0. The highest BCUT2D eigenvalue weighted by atomic mass is 32.2. The summed E-state index contributed by atoms with van der Waals surface area (Å²) in [6.07, 6.45) is 6.19. The molecule has 0 radical (unpaired) electrons. The lowest BCUT2D eigenvalue weighted by Crippen LogP contribution is -2.32. The van der Waals surface area contributed by atoms with Gasteiger partial charge in [0.2, 0.25) is 10.0 Å². The first-order valence-electron chi connectivity index (χ1n) is 5.89. The zero-order valence-corrected chi connectivity index (χ0v) is 10.1. The van der Waals surface area contributed by atoms with Gasteiger partial charge in [0.25, 0.3) is 0 Å². The molecule has 1 saturated carbocycles. The minimum absolute atomic E-state index is 0.236. The van der Waals surface area contributed by atoms with Crippen molar-refractivity contribution in [1.82, 2.24) is 9.62 Å². The molecule has 2 aliphatic rings. The third-order valence-corrected chi connectivity index (χ3v) is 5.18. The van der Waals surface area contributed by atoms with Gasteiger partial charge in [0, 0.05) is 19.1 Å². The summed E-state index contributed by atoms with van der Waals surface area (Å²) in [6.45, 7) is 3.06. The predicted molar refractivity (Wildman–Crippen MR) is 60.0 cm³/mol. The minimum atomic E-state index is -3.06. The molecule has 1 heterocycles. The fraction of sp³-hybridized carbons (Fsp3) is 1.00. The molecule has 0 aromatic rings. The average Bonchev–Trinajstić information content (AvgIpc) is 2.99. The van der Waals surface area contributed by atoms with Crippen molar-refractivity contribution >= 4 is 10.0 Å². The van der Waals surface area contributed by atoms with Crippen LogP contribution < -0.4 is 4.72 Å². The highest BCUT2D eigenvalue weighted by Gasteiger charge is 2.48. The molecule has 4 nitrogen and oxygen atoms in total. The van der Waals surface area contributed by atoms with Crippen molar-refractivity contribution < 1.29 is 8.42 Å². The van der Waals surface area contributed by atoms with E-state index >= 15 is 0 Å². The third kappa shape index (κ3) is 2.52. The van der Waals surface area contributed by atoms with E-state index in [0.717, 1.165) is 6.54 Å². The van der Waals surface area contributed by atoms with Crippen molar-refractivity contribution in [3.05, 3.63) is 0 Å². The van der Waals surface area contributed by atoms with E-state index in [-0.39, 0.29) is 5.37 Å². The van der Waals surface area contributed by atoms with Gasteiger partial charge >= 0.3 is 0 Å². The van der Waals surface area contributed by atoms with Gasteiger partial charge in [-0.3, -0.25) is 4.90 Å². The summed E-state index contributed by atoms with van der Waals surface area (Å²) in [5.74, 6) is 0. The zero-order chi connectivity index (χ0) is 10.9. The summed E-state index contributed by atoms with van der Waals surface area (Å²) in [7, 11) is -3.06. The summed E-state index contributed by atoms with van der Waals surface area (Å²) in [6, 6.07) is 0.525. The topological polar surface area (TPSA) is 49.2 Å². The second-order valence-corrected chi connectivity index (χ2v) is 6.41. The monoisotopic (exact) mass is 232 g/mol. The molecule has 2 fully saturated rings. The van der Waals surface area contributed by atoms with E-state index in [4.69, 9.17) is 0 Å². The van der Waals surface area contributed by atoms with E-state index < -0.39 is 10.0 Å². The maximum absolute atomic E-state index is 11.7. The maximum Gasteiger partial charge on any atom is 0.229 e. The molecule has 0 aromatic heterocycles. The van der Waals surface area contributed by atoms with E-state index in [1.807, 2.05) is 6.92 Å². The molecule has 2 rings (SSSR count). The van der Waals surface area contributed by atoms with E-state index in [0.29, 0.717) is 12.6 Å². The smallest absolute Gasteiger partial charge is 0.229 e. The van der Waals surface area contributed by atoms with E-state index in [2.05, 4.69) is 9.62 Å². The van der Waals surface area contributed by atoms with Gasteiger partial charge in [-0.05, 0) is 12.8 Å². The molecule has 1 saturated heterocycles. The minimum Gasteiger partial charge on any atom is -0.279 e. The summed E-state index contributed by atoms with van der Waals surface area (Å²) in [5.41, 5.74) is 0. The van der Waals surface area contributed by atoms with Gasteiger partial charge in [-0.25, -0.2) is 13.1 Å². The molecule has 1 aliphatic carbocycles. The van der Waals surface area contributed by atoms with Crippen molar-refractivity contribution in [1.29, 1.82) is 0 Å². The third-order valence-electron chi connectivity index (χ3n) is 3.35. The Kier molecular flexibility index (Phi) is 3.33. The van der Waals surface area contributed by atoms with Crippen LogP contribution in [0.3, 0.4) is 0 Å². The lowest BCUT2D eigenvalue weighted by molar-refractivity contribution is 0.292. The van der Waals surface area contributed by atoms with Crippen molar-refractivity contribution in [2.45, 2.75) is 50.4 Å². The fourth-order valence-corrected chi connectivity index (χ4v) is 4.00. The maximum atomic E-state index is 11.7. The number of hydrogen-bond donors (Lipinski definition) is 1. The van der Waals surface area contributed by atoms with Crippen LogP contribution >= 0.6 is 0 Å². The van der Waals surface area contributed by atoms with Crippen LogP contribution in [0, 0.1) is 0 Å². The molecule has 2 atom stereocenters. The van der Waals surface area contributed by atoms with E-state index in [1.54, 1.807) is 0 Å². The standard InChI is InChI=1S/C10H20N2O2S/c1-2-11-15(13,14)10-8-12(10)9-6-4-3-5-7-9/h9-11H,2-8H2,1H3. The normalized spacial score (nSPS) is 32.9. The Balaban J connectivity index is 1.89. The van der Waals surface area contributed by atoms with Crippen molar-refractivity contribution in [3.8, 4) is 0 Å². The summed E-state index contributed by atoms with van der Waals surface area (Å²) in [5, 5.41) is -0.236. The first-order valence-corrected chi connectivity index (χ1v) is 7.44. The van der Waals surface area contributed by atoms with Gasteiger partial charge in [-0.2, -0.15) is 0 Å². The molecule has 0 bridgehead atoms. The highest BCUT2D eigenvalue weighted by Crippen LogP contribution is 2.33. The number of nitrogens with zero attached hydrogens (tertiary/aromatic N) is 1. The van der Waals surface area contributed by atoms with Crippen LogP contribution in [0.25, 0.3) is 0 Å². The molecule has 15 heavy (non-hydrogen) atoms. The van der Waals surface area contributed by atoms with Crippen LogP contribution in [0.4, 0.5) is 0 Å². The van der Waals surface area contributed by atoms with E-state index in [9.17, 15) is 8.42 Å². The average molecular weight is 232 g/mol. The zero-order valence-electron chi connectivity index (χ0n) is 9.28. The Labute approximate surface area is 92.1 Å². The molecule has 5 heteroatoms. The largest absolute Gasteiger partial charge is 0.279 e. The van der Waals surface area contributed by atoms with Gasteiger partial charge in [0.05, 0.1) is 0 Å². The molecule has 0 aromatic carbocycles.